The Morgan fingerprint density at radius 3 is 2.74 bits per heavy atom. The molecule has 1 saturated heterocycles. The number of methoxy groups -OCH3 is 1. The van der Waals surface area contributed by atoms with Gasteiger partial charge in [0.05, 0.1) is 7.11 Å². The first-order valence-electron chi connectivity index (χ1n) is 6.50. The van der Waals surface area contributed by atoms with Crippen molar-refractivity contribution in [1.82, 2.24) is 15.5 Å². The van der Waals surface area contributed by atoms with Crippen LogP contribution in [0.1, 0.15) is 25.7 Å². The van der Waals surface area contributed by atoms with Gasteiger partial charge >= 0.3 is 12.0 Å². The minimum Gasteiger partial charge on any atom is -0.469 e. The van der Waals surface area contributed by atoms with Crippen molar-refractivity contribution in [3.8, 4) is 0 Å². The highest BCUT2D eigenvalue weighted by Crippen LogP contribution is 2.01. The number of ether oxygens (including phenoxy) is 1. The molecule has 7 nitrogen and oxygen atoms in total. The van der Waals surface area contributed by atoms with E-state index < -0.39 is 0 Å². The van der Waals surface area contributed by atoms with Gasteiger partial charge in [-0.3, -0.25) is 9.59 Å². The highest BCUT2D eigenvalue weighted by molar-refractivity contribution is 5.77. The van der Waals surface area contributed by atoms with Crippen LogP contribution in [0.25, 0.3) is 0 Å². The van der Waals surface area contributed by atoms with Crippen molar-refractivity contribution in [2.45, 2.75) is 25.7 Å². The van der Waals surface area contributed by atoms with Crippen molar-refractivity contribution in [2.24, 2.45) is 0 Å². The molecule has 7 heteroatoms. The summed E-state index contributed by atoms with van der Waals surface area (Å²) < 4.78 is 4.51. The first-order valence-corrected chi connectivity index (χ1v) is 6.50. The number of hydrogen-bond acceptors (Lipinski definition) is 4. The number of carbonyl (C=O) groups is 3. The van der Waals surface area contributed by atoms with E-state index in [4.69, 9.17) is 0 Å². The van der Waals surface area contributed by atoms with Gasteiger partial charge in [-0.15, -0.1) is 0 Å². The van der Waals surface area contributed by atoms with Gasteiger partial charge in [-0.1, -0.05) is 0 Å². The van der Waals surface area contributed by atoms with Gasteiger partial charge in [-0.2, -0.15) is 0 Å². The molecule has 3 amide bonds. The summed E-state index contributed by atoms with van der Waals surface area (Å²) in [6.45, 7) is 2.34. The van der Waals surface area contributed by atoms with E-state index in [0.717, 1.165) is 0 Å². The molecule has 1 aliphatic heterocycles. The van der Waals surface area contributed by atoms with Crippen molar-refractivity contribution < 1.29 is 19.1 Å². The Kier molecular flexibility index (Phi) is 6.70. The van der Waals surface area contributed by atoms with Gasteiger partial charge < -0.3 is 20.3 Å². The summed E-state index contributed by atoms with van der Waals surface area (Å²) in [5, 5.41) is 5.45. The maximum Gasteiger partial charge on any atom is 0.317 e. The van der Waals surface area contributed by atoms with Crippen LogP contribution in [0.3, 0.4) is 0 Å². The van der Waals surface area contributed by atoms with Gasteiger partial charge in [0.1, 0.15) is 0 Å². The molecule has 0 aromatic heterocycles. The second-order valence-corrected chi connectivity index (χ2v) is 4.35. The van der Waals surface area contributed by atoms with E-state index in [1.807, 2.05) is 0 Å². The van der Waals surface area contributed by atoms with Crippen molar-refractivity contribution in [3.63, 3.8) is 0 Å². The van der Waals surface area contributed by atoms with E-state index in [1.165, 1.54) is 7.11 Å². The number of nitrogens with zero attached hydrogens (tertiary/aromatic N) is 1. The molecule has 1 fully saturated rings. The zero-order valence-corrected chi connectivity index (χ0v) is 11.2. The molecule has 0 bridgehead atoms. The zero-order chi connectivity index (χ0) is 14.1. The molecule has 0 radical (unpaired) electrons. The van der Waals surface area contributed by atoms with Crippen molar-refractivity contribution in [3.05, 3.63) is 0 Å². The number of unbranched alkanes of at least 4 members (excludes halogenated alkanes) is 1. The van der Waals surface area contributed by atoms with Crippen LogP contribution in [0.15, 0.2) is 0 Å². The maximum atomic E-state index is 11.5. The van der Waals surface area contributed by atoms with Crippen molar-refractivity contribution >= 4 is 17.9 Å². The molecule has 1 heterocycles. The van der Waals surface area contributed by atoms with E-state index in [0.29, 0.717) is 51.9 Å². The van der Waals surface area contributed by atoms with Crippen LogP contribution in [-0.4, -0.2) is 56.1 Å². The summed E-state index contributed by atoms with van der Waals surface area (Å²) in [5.74, 6) is -0.301. The highest BCUT2D eigenvalue weighted by atomic mass is 16.5. The summed E-state index contributed by atoms with van der Waals surface area (Å²) in [5.41, 5.74) is 0. The number of amides is 3. The van der Waals surface area contributed by atoms with E-state index in [-0.39, 0.29) is 17.9 Å². The monoisotopic (exact) mass is 271 g/mol. The topological polar surface area (TPSA) is 87.7 Å². The Bertz CT molecular complexity index is 333. The molecule has 19 heavy (non-hydrogen) atoms. The summed E-state index contributed by atoms with van der Waals surface area (Å²) in [6, 6.07) is -0.0765. The first-order chi connectivity index (χ1) is 9.13. The van der Waals surface area contributed by atoms with E-state index in [9.17, 15) is 14.4 Å². The number of urea groups is 1. The number of carbonyl (C=O) groups excluding carboxylic acids is 3. The lowest BCUT2D eigenvalue weighted by Gasteiger charge is -2.14. The normalized spacial score (nSPS) is 14.2. The van der Waals surface area contributed by atoms with Crippen LogP contribution < -0.4 is 10.6 Å². The van der Waals surface area contributed by atoms with Crippen molar-refractivity contribution in [2.75, 3.05) is 33.3 Å². The smallest absolute Gasteiger partial charge is 0.317 e. The van der Waals surface area contributed by atoms with Crippen LogP contribution >= 0.6 is 0 Å². The first kappa shape index (κ1) is 15.3. The molecule has 0 spiro atoms. The molecule has 0 aromatic rings. The summed E-state index contributed by atoms with van der Waals surface area (Å²) in [4.78, 5) is 35.2. The quantitative estimate of drug-likeness (QED) is 0.475. The number of nitrogens with one attached hydrogen (secondary N) is 2. The standard InChI is InChI=1S/C12H21N3O4/c1-19-11(17)5-3-2-4-10(16)13-6-8-15-9-7-14-12(15)18/h2-9H2,1H3,(H,13,16)(H,14,18). The molecule has 0 saturated carbocycles. The highest BCUT2D eigenvalue weighted by Gasteiger charge is 2.18. The third-order valence-corrected chi connectivity index (χ3v) is 2.91. The average Bonchev–Trinajstić information content (AvgIpc) is 2.80. The molecule has 0 unspecified atom stereocenters. The molecule has 0 atom stereocenters. The fourth-order valence-electron chi connectivity index (χ4n) is 1.80. The predicted molar refractivity (Wildman–Crippen MR) is 68.5 cm³/mol. The largest absolute Gasteiger partial charge is 0.469 e. The fourth-order valence-corrected chi connectivity index (χ4v) is 1.80. The van der Waals surface area contributed by atoms with E-state index in [2.05, 4.69) is 15.4 Å². The minimum atomic E-state index is -0.250. The summed E-state index contributed by atoms with van der Waals surface area (Å²) >= 11 is 0. The molecule has 0 aliphatic carbocycles. The zero-order valence-electron chi connectivity index (χ0n) is 11.2. The summed E-state index contributed by atoms with van der Waals surface area (Å²) in [6.07, 6.45) is 2.04. The molecule has 108 valence electrons. The molecule has 2 N–H and O–H groups in total. The lowest BCUT2D eigenvalue weighted by molar-refractivity contribution is -0.140. The molecule has 1 rings (SSSR count). The molecule has 0 aromatic carbocycles. The van der Waals surface area contributed by atoms with E-state index >= 15 is 0 Å². The maximum absolute atomic E-state index is 11.5. The average molecular weight is 271 g/mol. The fraction of sp³-hybridized carbons (Fsp3) is 0.750. The van der Waals surface area contributed by atoms with Gasteiger partial charge in [0.2, 0.25) is 5.91 Å². The van der Waals surface area contributed by atoms with E-state index in [1.54, 1.807) is 4.90 Å². The number of hydrogen-bond donors (Lipinski definition) is 2. The van der Waals surface area contributed by atoms with Crippen LogP contribution in [0.5, 0.6) is 0 Å². The Morgan fingerprint density at radius 1 is 1.37 bits per heavy atom. The van der Waals surface area contributed by atoms with Crippen LogP contribution in [0, 0.1) is 0 Å². The van der Waals surface area contributed by atoms with Gasteiger partial charge in [-0.05, 0) is 12.8 Å². The Labute approximate surface area is 112 Å². The lowest BCUT2D eigenvalue weighted by atomic mass is 10.2. The van der Waals surface area contributed by atoms with Crippen LogP contribution in [0.4, 0.5) is 4.79 Å². The van der Waals surface area contributed by atoms with Gasteiger partial charge in [-0.25, -0.2) is 4.79 Å². The van der Waals surface area contributed by atoms with Crippen LogP contribution in [-0.2, 0) is 14.3 Å². The second kappa shape index (κ2) is 8.34. The van der Waals surface area contributed by atoms with Gasteiger partial charge in [0, 0.05) is 39.0 Å². The summed E-state index contributed by atoms with van der Waals surface area (Å²) in [7, 11) is 1.35. The SMILES string of the molecule is COC(=O)CCCCC(=O)NCCN1CCNC1=O. The number of rotatable bonds is 8. The Hall–Kier alpha value is -1.79. The third-order valence-electron chi connectivity index (χ3n) is 2.91. The number of esters is 1. The van der Waals surface area contributed by atoms with Crippen LogP contribution in [0.2, 0.25) is 0 Å². The van der Waals surface area contributed by atoms with Crippen molar-refractivity contribution in [1.29, 1.82) is 0 Å². The molecule has 1 aliphatic rings. The second-order valence-electron chi connectivity index (χ2n) is 4.35. The Morgan fingerprint density at radius 2 is 2.11 bits per heavy atom. The minimum absolute atomic E-state index is 0.0514. The van der Waals surface area contributed by atoms with Gasteiger partial charge in [0.15, 0.2) is 0 Å². The predicted octanol–water partition coefficient (Wildman–Crippen LogP) is -0.139. The third kappa shape index (κ3) is 6.08. The Balaban J connectivity index is 1.99. The molecular weight excluding hydrogens is 250 g/mol. The lowest BCUT2D eigenvalue weighted by Crippen LogP contribution is -2.36. The van der Waals surface area contributed by atoms with Gasteiger partial charge in [0.25, 0.3) is 0 Å². The molecular formula is C12H21N3O4.